The van der Waals surface area contributed by atoms with Crippen molar-refractivity contribution in [1.82, 2.24) is 0 Å². The van der Waals surface area contributed by atoms with Crippen LogP contribution in [0, 0.1) is 11.8 Å². The maximum atomic E-state index is 2.46. The lowest BCUT2D eigenvalue weighted by Crippen LogP contribution is -1.84. The van der Waals surface area contributed by atoms with Crippen LogP contribution in [0.25, 0.3) is 0 Å². The molecule has 2 atom stereocenters. The first-order valence-corrected chi connectivity index (χ1v) is 9.53. The Bertz CT molecular complexity index is 228. The third-order valence-electron chi connectivity index (χ3n) is 4.83. The van der Waals surface area contributed by atoms with Crippen LogP contribution in [0.15, 0.2) is 12.2 Å². The van der Waals surface area contributed by atoms with E-state index in [4.69, 9.17) is 0 Å². The normalized spacial score (nSPS) is 21.7. The molecule has 1 aliphatic rings. The second-order valence-electron chi connectivity index (χ2n) is 6.87. The minimum absolute atomic E-state index is 1.05. The van der Waals surface area contributed by atoms with E-state index >= 15 is 0 Å². The van der Waals surface area contributed by atoms with Gasteiger partial charge in [0.25, 0.3) is 0 Å². The van der Waals surface area contributed by atoms with Gasteiger partial charge < -0.3 is 0 Å². The van der Waals surface area contributed by atoms with E-state index in [1.54, 1.807) is 0 Å². The minimum atomic E-state index is 1.05. The molecule has 0 heterocycles. The second kappa shape index (κ2) is 12.5. The summed E-state index contributed by atoms with van der Waals surface area (Å²) < 4.78 is 0. The Balaban J connectivity index is 1.81. The van der Waals surface area contributed by atoms with Gasteiger partial charge in [-0.3, -0.25) is 0 Å². The van der Waals surface area contributed by atoms with Crippen molar-refractivity contribution in [3.05, 3.63) is 12.2 Å². The standard InChI is InChI=1S/C20H38/c1-3-5-7-9-11-13-15-17-20-18-19(20)16-14-12-10-8-6-4-2/h12,14,19-20H,3-11,13,15-18H2,1-2H3. The van der Waals surface area contributed by atoms with Crippen molar-refractivity contribution in [2.24, 2.45) is 11.8 Å². The number of rotatable bonds is 14. The van der Waals surface area contributed by atoms with Gasteiger partial charge in [0.2, 0.25) is 0 Å². The number of unbranched alkanes of at least 4 members (excludes halogenated alkanes) is 9. The molecule has 20 heavy (non-hydrogen) atoms. The SMILES string of the molecule is CCCCCC=CCC1CC1CCCCCCCCC. The molecule has 0 bridgehead atoms. The summed E-state index contributed by atoms with van der Waals surface area (Å²) in [6.45, 7) is 4.58. The fourth-order valence-corrected chi connectivity index (χ4v) is 3.22. The maximum Gasteiger partial charge on any atom is -0.0319 e. The summed E-state index contributed by atoms with van der Waals surface area (Å²) in [6.07, 6.45) is 24.9. The third-order valence-corrected chi connectivity index (χ3v) is 4.83. The van der Waals surface area contributed by atoms with Crippen molar-refractivity contribution >= 4 is 0 Å². The zero-order valence-electron chi connectivity index (χ0n) is 14.2. The summed E-state index contributed by atoms with van der Waals surface area (Å²) in [4.78, 5) is 0. The monoisotopic (exact) mass is 278 g/mol. The van der Waals surface area contributed by atoms with E-state index in [0.717, 1.165) is 11.8 Å². The summed E-state index contributed by atoms with van der Waals surface area (Å²) >= 11 is 0. The van der Waals surface area contributed by atoms with Crippen LogP contribution in [0.2, 0.25) is 0 Å². The van der Waals surface area contributed by atoms with Crippen molar-refractivity contribution in [1.29, 1.82) is 0 Å². The minimum Gasteiger partial charge on any atom is -0.0885 e. The molecule has 118 valence electrons. The van der Waals surface area contributed by atoms with Crippen molar-refractivity contribution in [2.45, 2.75) is 104 Å². The van der Waals surface area contributed by atoms with Crippen LogP contribution in [0.4, 0.5) is 0 Å². The Morgan fingerprint density at radius 3 is 2.10 bits per heavy atom. The molecular formula is C20H38. The second-order valence-corrected chi connectivity index (χ2v) is 6.87. The van der Waals surface area contributed by atoms with E-state index in [9.17, 15) is 0 Å². The summed E-state index contributed by atoms with van der Waals surface area (Å²) in [6, 6.07) is 0. The lowest BCUT2D eigenvalue weighted by atomic mass is 10.1. The highest BCUT2D eigenvalue weighted by Gasteiger charge is 2.34. The summed E-state index contributed by atoms with van der Waals surface area (Å²) in [5.74, 6) is 2.14. The van der Waals surface area contributed by atoms with E-state index in [2.05, 4.69) is 26.0 Å². The van der Waals surface area contributed by atoms with E-state index in [1.807, 2.05) is 0 Å². The van der Waals surface area contributed by atoms with Gasteiger partial charge in [-0.25, -0.2) is 0 Å². The summed E-state index contributed by atoms with van der Waals surface area (Å²) in [5.41, 5.74) is 0. The molecule has 0 spiro atoms. The van der Waals surface area contributed by atoms with E-state index in [-0.39, 0.29) is 0 Å². The Hall–Kier alpha value is -0.260. The predicted octanol–water partition coefficient (Wildman–Crippen LogP) is 7.29. The van der Waals surface area contributed by atoms with Gasteiger partial charge in [-0.05, 0) is 37.5 Å². The van der Waals surface area contributed by atoms with Crippen LogP contribution in [0.5, 0.6) is 0 Å². The molecule has 0 aromatic heterocycles. The van der Waals surface area contributed by atoms with Gasteiger partial charge in [0.05, 0.1) is 0 Å². The smallest absolute Gasteiger partial charge is 0.0319 e. The first-order chi connectivity index (χ1) is 9.88. The lowest BCUT2D eigenvalue weighted by molar-refractivity contribution is 0.543. The van der Waals surface area contributed by atoms with E-state index in [0.29, 0.717) is 0 Å². The molecule has 0 N–H and O–H groups in total. The Kier molecular flexibility index (Phi) is 11.1. The first-order valence-electron chi connectivity index (χ1n) is 9.53. The van der Waals surface area contributed by atoms with Crippen LogP contribution >= 0.6 is 0 Å². The fraction of sp³-hybridized carbons (Fsp3) is 0.900. The van der Waals surface area contributed by atoms with E-state index < -0.39 is 0 Å². The maximum absolute atomic E-state index is 2.46. The molecule has 1 fully saturated rings. The summed E-state index contributed by atoms with van der Waals surface area (Å²) in [7, 11) is 0. The number of allylic oxidation sites excluding steroid dienone is 2. The third kappa shape index (κ3) is 9.61. The van der Waals surface area contributed by atoms with Crippen LogP contribution in [0.3, 0.4) is 0 Å². The highest BCUT2D eigenvalue weighted by atomic mass is 14.4. The van der Waals surface area contributed by atoms with E-state index in [1.165, 1.54) is 89.9 Å². The van der Waals surface area contributed by atoms with Crippen molar-refractivity contribution in [3.63, 3.8) is 0 Å². The molecule has 0 saturated heterocycles. The van der Waals surface area contributed by atoms with Crippen LogP contribution < -0.4 is 0 Å². The van der Waals surface area contributed by atoms with Crippen molar-refractivity contribution in [2.75, 3.05) is 0 Å². The molecular weight excluding hydrogens is 240 g/mol. The zero-order valence-corrected chi connectivity index (χ0v) is 14.2. The summed E-state index contributed by atoms with van der Waals surface area (Å²) in [5, 5.41) is 0. The van der Waals surface area contributed by atoms with Crippen molar-refractivity contribution in [3.8, 4) is 0 Å². The van der Waals surface area contributed by atoms with Crippen molar-refractivity contribution < 1.29 is 0 Å². The van der Waals surface area contributed by atoms with Gasteiger partial charge in [0.15, 0.2) is 0 Å². The van der Waals surface area contributed by atoms with Gasteiger partial charge in [0, 0.05) is 0 Å². The topological polar surface area (TPSA) is 0 Å². The molecule has 0 amide bonds. The molecule has 0 heteroatoms. The Morgan fingerprint density at radius 1 is 0.700 bits per heavy atom. The van der Waals surface area contributed by atoms with Crippen LogP contribution in [-0.4, -0.2) is 0 Å². The quantitative estimate of drug-likeness (QED) is 0.231. The molecule has 0 aromatic rings. The molecule has 0 nitrogen and oxygen atoms in total. The number of hydrogen-bond donors (Lipinski definition) is 0. The molecule has 1 aliphatic carbocycles. The lowest BCUT2D eigenvalue weighted by Gasteiger charge is -2.01. The Labute approximate surface area is 128 Å². The zero-order chi connectivity index (χ0) is 14.5. The Morgan fingerprint density at radius 2 is 1.35 bits per heavy atom. The van der Waals surface area contributed by atoms with Gasteiger partial charge in [0.1, 0.15) is 0 Å². The van der Waals surface area contributed by atoms with Gasteiger partial charge in [-0.15, -0.1) is 0 Å². The molecule has 0 aliphatic heterocycles. The van der Waals surface area contributed by atoms with Crippen LogP contribution in [-0.2, 0) is 0 Å². The highest BCUT2D eigenvalue weighted by Crippen LogP contribution is 2.45. The molecule has 0 radical (unpaired) electrons. The highest BCUT2D eigenvalue weighted by molar-refractivity contribution is 4.93. The van der Waals surface area contributed by atoms with Gasteiger partial charge in [-0.1, -0.05) is 90.2 Å². The predicted molar refractivity (Wildman–Crippen MR) is 92.1 cm³/mol. The van der Waals surface area contributed by atoms with Gasteiger partial charge in [-0.2, -0.15) is 0 Å². The molecule has 1 saturated carbocycles. The average Bonchev–Trinajstić information content (AvgIpc) is 3.20. The molecule has 1 rings (SSSR count). The largest absolute Gasteiger partial charge is 0.0885 e. The molecule has 2 unspecified atom stereocenters. The van der Waals surface area contributed by atoms with Crippen LogP contribution in [0.1, 0.15) is 104 Å². The fourth-order valence-electron chi connectivity index (χ4n) is 3.22. The average molecular weight is 279 g/mol. The molecule has 0 aromatic carbocycles. The first kappa shape index (κ1) is 17.8. The van der Waals surface area contributed by atoms with Gasteiger partial charge >= 0.3 is 0 Å². The number of hydrogen-bond acceptors (Lipinski definition) is 0.